The van der Waals surface area contributed by atoms with Gasteiger partial charge >= 0.3 is 6.03 Å². The number of carbonyl (C=O) groups excluding carboxylic acids is 3. The molecule has 1 N–H and O–H groups in total. The molecule has 25 heavy (non-hydrogen) atoms. The Labute approximate surface area is 144 Å². The van der Waals surface area contributed by atoms with Crippen molar-refractivity contribution in [3.8, 4) is 0 Å². The molecule has 128 valence electrons. The molecule has 1 aromatic heterocycles. The number of benzene rings is 1. The van der Waals surface area contributed by atoms with Crippen molar-refractivity contribution in [3.05, 3.63) is 54.4 Å². The largest absolute Gasteiger partial charge is 0.378 e. The van der Waals surface area contributed by atoms with E-state index in [1.807, 2.05) is 31.1 Å². The Hall–Kier alpha value is -3.42. The van der Waals surface area contributed by atoms with Crippen molar-refractivity contribution >= 4 is 29.2 Å². The number of anilines is 2. The second-order valence-corrected chi connectivity index (χ2v) is 5.69. The van der Waals surface area contributed by atoms with Crippen molar-refractivity contribution in [2.45, 2.75) is 0 Å². The fraction of sp³-hybridized carbons (Fsp3) is 0.176. The van der Waals surface area contributed by atoms with E-state index in [4.69, 9.17) is 0 Å². The Bertz CT molecular complexity index is 805. The molecular weight excluding hydrogens is 322 g/mol. The third kappa shape index (κ3) is 3.27. The maximum absolute atomic E-state index is 12.5. The van der Waals surface area contributed by atoms with Crippen LogP contribution < -0.4 is 15.2 Å². The molecule has 0 atom stereocenters. The molecule has 8 heteroatoms. The highest BCUT2D eigenvalue weighted by Crippen LogP contribution is 2.23. The van der Waals surface area contributed by atoms with Crippen LogP contribution >= 0.6 is 0 Å². The molecule has 0 unspecified atom stereocenters. The van der Waals surface area contributed by atoms with E-state index in [1.165, 1.54) is 24.5 Å². The predicted molar refractivity (Wildman–Crippen MR) is 92.1 cm³/mol. The summed E-state index contributed by atoms with van der Waals surface area (Å²) >= 11 is 0. The first kappa shape index (κ1) is 16.4. The van der Waals surface area contributed by atoms with E-state index in [9.17, 15) is 14.4 Å². The van der Waals surface area contributed by atoms with E-state index in [0.29, 0.717) is 11.3 Å². The molecule has 8 nitrogen and oxygen atoms in total. The highest BCUT2D eigenvalue weighted by atomic mass is 16.2. The number of nitrogens with zero attached hydrogens (tertiary/aromatic N) is 4. The zero-order valence-corrected chi connectivity index (χ0v) is 13.8. The first-order valence-electron chi connectivity index (χ1n) is 7.60. The van der Waals surface area contributed by atoms with E-state index in [2.05, 4.69) is 10.4 Å². The number of aromatic nitrogens is 1. The molecule has 1 aromatic carbocycles. The zero-order valence-electron chi connectivity index (χ0n) is 13.8. The van der Waals surface area contributed by atoms with Gasteiger partial charge in [-0.05, 0) is 36.4 Å². The maximum Gasteiger partial charge on any atom is 0.350 e. The van der Waals surface area contributed by atoms with Crippen molar-refractivity contribution in [1.82, 2.24) is 15.4 Å². The van der Waals surface area contributed by atoms with Crippen LogP contribution in [0, 0.1) is 0 Å². The number of imide groups is 1. The molecule has 1 aliphatic rings. The SMILES string of the molecule is CN(C)c1ccc(N2C(=O)CN(NC(=O)c3ccncc3)C2=O)cc1. The van der Waals surface area contributed by atoms with Gasteiger partial charge in [-0.1, -0.05) is 0 Å². The summed E-state index contributed by atoms with van der Waals surface area (Å²) in [5.74, 6) is -0.883. The second kappa shape index (κ2) is 6.60. The fourth-order valence-electron chi connectivity index (χ4n) is 2.43. The fourth-order valence-corrected chi connectivity index (χ4v) is 2.43. The number of pyridine rings is 1. The Balaban J connectivity index is 1.75. The number of hydrazine groups is 1. The molecule has 1 saturated heterocycles. The van der Waals surface area contributed by atoms with Crippen molar-refractivity contribution in [1.29, 1.82) is 0 Å². The van der Waals surface area contributed by atoms with Gasteiger partial charge in [0.2, 0.25) is 0 Å². The van der Waals surface area contributed by atoms with E-state index < -0.39 is 17.8 Å². The molecule has 0 bridgehead atoms. The smallest absolute Gasteiger partial charge is 0.350 e. The standard InChI is InChI=1S/C17H17N5O3/c1-20(2)13-3-5-14(6-4-13)22-15(23)11-21(17(22)25)19-16(24)12-7-9-18-10-8-12/h3-10H,11H2,1-2H3,(H,19,24). The van der Waals surface area contributed by atoms with Crippen LogP contribution in [0.4, 0.5) is 16.2 Å². The Morgan fingerprint density at radius 2 is 1.72 bits per heavy atom. The number of amides is 4. The van der Waals surface area contributed by atoms with Crippen LogP contribution in [-0.2, 0) is 4.79 Å². The van der Waals surface area contributed by atoms with Crippen LogP contribution in [0.2, 0.25) is 0 Å². The summed E-state index contributed by atoms with van der Waals surface area (Å²) in [4.78, 5) is 43.7. The Morgan fingerprint density at radius 3 is 2.32 bits per heavy atom. The van der Waals surface area contributed by atoms with Crippen LogP contribution in [0.5, 0.6) is 0 Å². The normalized spacial score (nSPS) is 14.0. The third-order valence-electron chi connectivity index (χ3n) is 3.77. The van der Waals surface area contributed by atoms with Crippen molar-refractivity contribution in [2.75, 3.05) is 30.4 Å². The van der Waals surface area contributed by atoms with Gasteiger partial charge in [0.15, 0.2) is 0 Å². The number of rotatable bonds is 4. The molecule has 1 aliphatic heterocycles. The van der Waals surface area contributed by atoms with Crippen molar-refractivity contribution < 1.29 is 14.4 Å². The summed E-state index contributed by atoms with van der Waals surface area (Å²) in [7, 11) is 3.80. The molecule has 2 aromatic rings. The Morgan fingerprint density at radius 1 is 1.08 bits per heavy atom. The lowest BCUT2D eigenvalue weighted by atomic mass is 10.2. The molecule has 0 spiro atoms. The maximum atomic E-state index is 12.5. The summed E-state index contributed by atoms with van der Waals surface area (Å²) in [5, 5.41) is 1.00. The molecule has 2 heterocycles. The third-order valence-corrected chi connectivity index (χ3v) is 3.77. The minimum atomic E-state index is -0.593. The number of urea groups is 1. The highest BCUT2D eigenvalue weighted by Gasteiger charge is 2.38. The summed E-state index contributed by atoms with van der Waals surface area (Å²) in [5.41, 5.74) is 4.21. The molecule has 0 radical (unpaired) electrons. The molecule has 0 aliphatic carbocycles. The lowest BCUT2D eigenvalue weighted by Gasteiger charge is -2.19. The van der Waals surface area contributed by atoms with Gasteiger partial charge in [-0.2, -0.15) is 0 Å². The average Bonchev–Trinajstić information content (AvgIpc) is 2.89. The highest BCUT2D eigenvalue weighted by molar-refractivity contribution is 6.20. The number of nitrogens with one attached hydrogen (secondary N) is 1. The van der Waals surface area contributed by atoms with E-state index in [0.717, 1.165) is 15.6 Å². The average molecular weight is 339 g/mol. The van der Waals surface area contributed by atoms with Crippen molar-refractivity contribution in [2.24, 2.45) is 0 Å². The van der Waals surface area contributed by atoms with Gasteiger partial charge in [-0.15, -0.1) is 0 Å². The van der Waals surface area contributed by atoms with Crippen LogP contribution in [0.3, 0.4) is 0 Å². The minimum absolute atomic E-state index is 0.217. The van der Waals surface area contributed by atoms with Gasteiger partial charge in [-0.25, -0.2) is 14.7 Å². The first-order chi connectivity index (χ1) is 12.0. The summed E-state index contributed by atoms with van der Waals surface area (Å²) < 4.78 is 0. The second-order valence-electron chi connectivity index (χ2n) is 5.69. The first-order valence-corrected chi connectivity index (χ1v) is 7.60. The van der Waals surface area contributed by atoms with E-state index in [-0.39, 0.29) is 6.54 Å². The number of carbonyl (C=O) groups is 3. The Kier molecular flexibility index (Phi) is 4.34. The van der Waals surface area contributed by atoms with Crippen LogP contribution in [0.15, 0.2) is 48.8 Å². The van der Waals surface area contributed by atoms with E-state index >= 15 is 0 Å². The van der Waals surface area contributed by atoms with Crippen molar-refractivity contribution in [3.63, 3.8) is 0 Å². The quantitative estimate of drug-likeness (QED) is 0.848. The molecule has 4 amide bonds. The van der Waals surface area contributed by atoms with Gasteiger partial charge < -0.3 is 4.90 Å². The minimum Gasteiger partial charge on any atom is -0.378 e. The zero-order chi connectivity index (χ0) is 18.0. The molecular formula is C17H17N5O3. The summed E-state index contributed by atoms with van der Waals surface area (Å²) in [6, 6.07) is 9.47. The lowest BCUT2D eigenvalue weighted by Crippen LogP contribution is -2.45. The molecule has 3 rings (SSSR count). The monoisotopic (exact) mass is 339 g/mol. The van der Waals surface area contributed by atoms with E-state index in [1.54, 1.807) is 12.1 Å². The van der Waals surface area contributed by atoms with Gasteiger partial charge in [0, 0.05) is 37.7 Å². The summed E-state index contributed by atoms with van der Waals surface area (Å²) in [6.07, 6.45) is 2.95. The molecule has 0 saturated carbocycles. The number of hydrogen-bond acceptors (Lipinski definition) is 5. The van der Waals surface area contributed by atoms with Crippen LogP contribution in [-0.4, -0.2) is 48.5 Å². The van der Waals surface area contributed by atoms with Gasteiger partial charge in [0.05, 0.1) is 5.69 Å². The number of hydrogen-bond donors (Lipinski definition) is 1. The molecule has 1 fully saturated rings. The van der Waals surface area contributed by atoms with Gasteiger partial charge in [0.25, 0.3) is 11.8 Å². The predicted octanol–water partition coefficient (Wildman–Crippen LogP) is 1.26. The van der Waals surface area contributed by atoms with Gasteiger partial charge in [0.1, 0.15) is 6.54 Å². The van der Waals surface area contributed by atoms with Crippen LogP contribution in [0.25, 0.3) is 0 Å². The van der Waals surface area contributed by atoms with Gasteiger partial charge in [-0.3, -0.25) is 20.0 Å². The lowest BCUT2D eigenvalue weighted by molar-refractivity contribution is -0.116. The van der Waals surface area contributed by atoms with Crippen LogP contribution in [0.1, 0.15) is 10.4 Å². The summed E-state index contributed by atoms with van der Waals surface area (Å²) in [6.45, 7) is -0.217. The topological polar surface area (TPSA) is 85.8 Å².